The summed E-state index contributed by atoms with van der Waals surface area (Å²) in [5, 5.41) is 8.74. The average Bonchev–Trinajstić information content (AvgIpc) is 2.17. The fourth-order valence-electron chi connectivity index (χ4n) is 1.06. The van der Waals surface area contributed by atoms with Crippen LogP contribution in [0.1, 0.15) is 11.6 Å². The van der Waals surface area contributed by atoms with Crippen molar-refractivity contribution >= 4 is 21.9 Å². The molecule has 1 aromatic carbocycles. The first kappa shape index (κ1) is 11.0. The maximum atomic E-state index is 10.7. The van der Waals surface area contributed by atoms with Gasteiger partial charge in [-0.3, -0.25) is 4.79 Å². The number of aliphatic carboxylic acids is 1. The molecule has 0 radical (unpaired) electrons. The molecule has 0 bridgehead atoms. The van der Waals surface area contributed by atoms with Crippen LogP contribution < -0.4 is 10.5 Å². The number of benzene rings is 1. The number of carboxylic acid groups (broad SMARTS) is 1. The summed E-state index contributed by atoms with van der Waals surface area (Å²) in [6, 6.07) is 4.02. The van der Waals surface area contributed by atoms with E-state index in [1.165, 1.54) is 7.11 Å². The predicted octanol–water partition coefficient (Wildman–Crippen LogP) is 1.54. The summed E-state index contributed by atoms with van der Waals surface area (Å²) in [4.78, 5) is 10.7. The zero-order valence-corrected chi connectivity index (χ0v) is 9.11. The van der Waals surface area contributed by atoms with Gasteiger partial charge in [0, 0.05) is 0 Å². The van der Waals surface area contributed by atoms with E-state index in [0.29, 0.717) is 15.8 Å². The number of carbonyl (C=O) groups is 1. The number of ether oxygens (including phenoxy) is 1. The molecular formula is C9H10BrNO3. The van der Waals surface area contributed by atoms with Gasteiger partial charge in [0.1, 0.15) is 11.8 Å². The van der Waals surface area contributed by atoms with Crippen LogP contribution in [0.3, 0.4) is 0 Å². The molecule has 14 heavy (non-hydrogen) atoms. The van der Waals surface area contributed by atoms with Gasteiger partial charge in [0.2, 0.25) is 0 Å². The van der Waals surface area contributed by atoms with E-state index in [9.17, 15) is 4.79 Å². The molecule has 0 aromatic heterocycles. The summed E-state index contributed by atoms with van der Waals surface area (Å²) in [5.41, 5.74) is 5.97. The van der Waals surface area contributed by atoms with Gasteiger partial charge in [-0.2, -0.15) is 0 Å². The zero-order valence-electron chi connectivity index (χ0n) is 7.53. The Hall–Kier alpha value is -1.07. The van der Waals surface area contributed by atoms with Gasteiger partial charge in [0.15, 0.2) is 0 Å². The second kappa shape index (κ2) is 4.43. The molecule has 0 aliphatic carbocycles. The van der Waals surface area contributed by atoms with E-state index >= 15 is 0 Å². The summed E-state index contributed by atoms with van der Waals surface area (Å²) in [6.07, 6.45) is 0. The number of halogens is 1. The lowest BCUT2D eigenvalue weighted by molar-refractivity contribution is -0.138. The van der Waals surface area contributed by atoms with E-state index in [1.807, 2.05) is 0 Å². The molecule has 0 aliphatic rings. The molecule has 3 N–H and O–H groups in total. The highest BCUT2D eigenvalue weighted by Crippen LogP contribution is 2.31. The molecule has 0 fully saturated rings. The molecule has 1 rings (SSSR count). The smallest absolute Gasteiger partial charge is 0.325 e. The van der Waals surface area contributed by atoms with E-state index in [4.69, 9.17) is 15.6 Å². The van der Waals surface area contributed by atoms with Gasteiger partial charge in [0.05, 0.1) is 11.6 Å². The van der Waals surface area contributed by atoms with Gasteiger partial charge in [-0.15, -0.1) is 0 Å². The van der Waals surface area contributed by atoms with Crippen molar-refractivity contribution in [2.24, 2.45) is 5.73 Å². The average molecular weight is 260 g/mol. The molecule has 4 nitrogen and oxygen atoms in total. The third-order valence-electron chi connectivity index (χ3n) is 1.81. The van der Waals surface area contributed by atoms with Gasteiger partial charge in [-0.1, -0.05) is 12.1 Å². The number of nitrogens with two attached hydrogens (primary N) is 1. The quantitative estimate of drug-likeness (QED) is 0.864. The first-order valence-electron chi connectivity index (χ1n) is 3.88. The Morgan fingerprint density at radius 2 is 2.29 bits per heavy atom. The Balaban J connectivity index is 3.15. The van der Waals surface area contributed by atoms with E-state index in [2.05, 4.69) is 15.9 Å². The number of methoxy groups -OCH3 is 1. The summed E-state index contributed by atoms with van der Waals surface area (Å²) >= 11 is 3.24. The highest BCUT2D eigenvalue weighted by atomic mass is 79.9. The molecule has 76 valence electrons. The van der Waals surface area contributed by atoms with Crippen molar-refractivity contribution in [2.75, 3.05) is 7.11 Å². The second-order valence-corrected chi connectivity index (χ2v) is 3.47. The van der Waals surface area contributed by atoms with Crippen molar-refractivity contribution in [1.29, 1.82) is 0 Å². The van der Waals surface area contributed by atoms with Crippen LogP contribution in [0.25, 0.3) is 0 Å². The fourth-order valence-corrected chi connectivity index (χ4v) is 1.73. The topological polar surface area (TPSA) is 72.5 Å². The molecule has 0 saturated heterocycles. The summed E-state index contributed by atoms with van der Waals surface area (Å²) < 4.78 is 5.60. The number of hydrogen-bond acceptors (Lipinski definition) is 3. The van der Waals surface area contributed by atoms with E-state index in [-0.39, 0.29) is 0 Å². The molecule has 5 heteroatoms. The van der Waals surface area contributed by atoms with Gasteiger partial charge in [-0.05, 0) is 27.6 Å². The number of carboxylic acids is 1. The summed E-state index contributed by atoms with van der Waals surface area (Å²) in [6.45, 7) is 0. The maximum absolute atomic E-state index is 10.7. The van der Waals surface area contributed by atoms with Crippen molar-refractivity contribution in [2.45, 2.75) is 6.04 Å². The third kappa shape index (κ3) is 2.05. The lowest BCUT2D eigenvalue weighted by atomic mass is 10.1. The van der Waals surface area contributed by atoms with Crippen molar-refractivity contribution < 1.29 is 14.6 Å². The Morgan fingerprint density at radius 3 is 2.79 bits per heavy atom. The lowest BCUT2D eigenvalue weighted by Crippen LogP contribution is -2.21. The van der Waals surface area contributed by atoms with Crippen LogP contribution in [0.15, 0.2) is 22.7 Å². The van der Waals surface area contributed by atoms with Gasteiger partial charge in [0.25, 0.3) is 0 Å². The molecule has 0 spiro atoms. The molecule has 0 saturated carbocycles. The first-order chi connectivity index (χ1) is 6.57. The van der Waals surface area contributed by atoms with E-state index in [1.54, 1.807) is 18.2 Å². The third-order valence-corrected chi connectivity index (χ3v) is 2.66. The molecule has 1 atom stereocenters. The minimum absolute atomic E-state index is 0.497. The molecule has 0 amide bonds. The zero-order chi connectivity index (χ0) is 10.7. The van der Waals surface area contributed by atoms with E-state index < -0.39 is 12.0 Å². The lowest BCUT2D eigenvalue weighted by Gasteiger charge is -2.11. The van der Waals surface area contributed by atoms with Crippen molar-refractivity contribution in [1.82, 2.24) is 0 Å². The molecule has 0 heterocycles. The minimum atomic E-state index is -1.07. The fraction of sp³-hybridized carbons (Fsp3) is 0.222. The monoisotopic (exact) mass is 259 g/mol. The standard InChI is InChI=1S/C9H10BrNO3/c1-14-6-4-2-3-5(7(6)10)8(11)9(12)13/h2-4,8H,11H2,1H3,(H,12,13). The Labute approximate surface area is 89.8 Å². The predicted molar refractivity (Wildman–Crippen MR) is 55.3 cm³/mol. The second-order valence-electron chi connectivity index (χ2n) is 2.68. The highest BCUT2D eigenvalue weighted by molar-refractivity contribution is 9.10. The van der Waals surface area contributed by atoms with Crippen molar-refractivity contribution in [3.05, 3.63) is 28.2 Å². The maximum Gasteiger partial charge on any atom is 0.325 e. The number of rotatable bonds is 3. The minimum Gasteiger partial charge on any atom is -0.496 e. The van der Waals surface area contributed by atoms with Crippen molar-refractivity contribution in [3.8, 4) is 5.75 Å². The van der Waals surface area contributed by atoms with Gasteiger partial charge >= 0.3 is 5.97 Å². The first-order valence-corrected chi connectivity index (χ1v) is 4.68. The SMILES string of the molecule is COc1cccc(C(N)C(=O)O)c1Br. The molecule has 0 aliphatic heterocycles. The molecule has 1 aromatic rings. The van der Waals surface area contributed by atoms with E-state index in [0.717, 1.165) is 0 Å². The van der Waals surface area contributed by atoms with Gasteiger partial charge in [-0.25, -0.2) is 0 Å². The largest absolute Gasteiger partial charge is 0.496 e. The highest BCUT2D eigenvalue weighted by Gasteiger charge is 2.18. The summed E-state index contributed by atoms with van der Waals surface area (Å²) in [5.74, 6) is -0.502. The number of hydrogen-bond donors (Lipinski definition) is 2. The molecular weight excluding hydrogens is 250 g/mol. The molecule has 1 unspecified atom stereocenters. The van der Waals surface area contributed by atoms with Crippen molar-refractivity contribution in [3.63, 3.8) is 0 Å². The van der Waals surface area contributed by atoms with Gasteiger partial charge < -0.3 is 15.6 Å². The van der Waals surface area contributed by atoms with Crippen LogP contribution in [0, 0.1) is 0 Å². The Bertz CT molecular complexity index is 354. The van der Waals surface area contributed by atoms with Crippen LogP contribution in [-0.4, -0.2) is 18.2 Å². The normalized spacial score (nSPS) is 12.2. The van der Waals surface area contributed by atoms with Crippen LogP contribution in [0.4, 0.5) is 0 Å². The van der Waals surface area contributed by atoms with Crippen LogP contribution in [0.2, 0.25) is 0 Å². The van der Waals surface area contributed by atoms with Crippen LogP contribution in [-0.2, 0) is 4.79 Å². The van der Waals surface area contributed by atoms with Crippen LogP contribution >= 0.6 is 15.9 Å². The Morgan fingerprint density at radius 1 is 1.64 bits per heavy atom. The summed E-state index contributed by atoms with van der Waals surface area (Å²) in [7, 11) is 1.51. The van der Waals surface area contributed by atoms with Crippen LogP contribution in [0.5, 0.6) is 5.75 Å². The Kier molecular flexibility index (Phi) is 3.49.